The molecule has 1 aromatic rings. The molecule has 52 heavy (non-hydrogen) atoms. The Kier molecular flexibility index (Phi) is 32.0. The van der Waals surface area contributed by atoms with Gasteiger partial charge in [0.1, 0.15) is 0 Å². The van der Waals surface area contributed by atoms with Gasteiger partial charge in [0.15, 0.2) is 11.6 Å². The number of benzene rings is 1. The van der Waals surface area contributed by atoms with Crippen LogP contribution in [0.15, 0.2) is 24.3 Å². The van der Waals surface area contributed by atoms with Gasteiger partial charge in [-0.15, -0.1) is 0 Å². The predicted molar refractivity (Wildman–Crippen MR) is 226 cm³/mol. The summed E-state index contributed by atoms with van der Waals surface area (Å²) in [5.41, 5.74) is 1.72. The number of para-hydroxylation sites is 2. The average Bonchev–Trinajstić information content (AvgIpc) is 3.13. The highest BCUT2D eigenvalue weighted by Crippen LogP contribution is 2.24. The molecule has 0 aliphatic heterocycles. The first-order valence-electron chi connectivity index (χ1n) is 22.6. The molecule has 0 aliphatic carbocycles. The highest BCUT2D eigenvalue weighted by atomic mass is 16.6. The summed E-state index contributed by atoms with van der Waals surface area (Å²) in [6, 6.07) is 7.87. The number of aliphatic hydroxyl groups is 2. The van der Waals surface area contributed by atoms with Crippen molar-refractivity contribution in [3.63, 3.8) is 0 Å². The molecule has 0 aliphatic rings. The second-order valence-corrected chi connectivity index (χ2v) is 16.2. The Bertz CT molecular complexity index is 822. The van der Waals surface area contributed by atoms with E-state index in [2.05, 4.69) is 24.5 Å². The van der Waals surface area contributed by atoms with Gasteiger partial charge in [-0.3, -0.25) is 0 Å². The highest BCUT2D eigenvalue weighted by molar-refractivity contribution is 5.68. The van der Waals surface area contributed by atoms with Crippen LogP contribution in [0.5, 0.6) is 0 Å². The fourth-order valence-electron chi connectivity index (χ4n) is 6.94. The summed E-state index contributed by atoms with van der Waals surface area (Å²) in [5, 5.41) is 28.4. The van der Waals surface area contributed by atoms with Gasteiger partial charge in [0.25, 0.3) is 0 Å². The van der Waals surface area contributed by atoms with Crippen molar-refractivity contribution in [3.8, 4) is 0 Å². The fourth-order valence-corrected chi connectivity index (χ4v) is 6.94. The molecule has 6 nitrogen and oxygen atoms in total. The molecule has 2 unspecified atom stereocenters. The molecule has 0 spiro atoms. The molecule has 0 saturated heterocycles. The minimum absolute atomic E-state index is 0.274. The number of rotatable bonds is 40. The Morgan fingerprint density at radius 3 is 0.885 bits per heavy atom. The molecule has 0 amide bonds. The summed E-state index contributed by atoms with van der Waals surface area (Å²) >= 11 is 0. The van der Waals surface area contributed by atoms with E-state index in [4.69, 9.17) is 9.47 Å². The number of unbranched alkanes of at least 4 members (excludes halogenated alkanes) is 28. The Hall–Kier alpha value is -1.34. The third-order valence-electron chi connectivity index (χ3n) is 10.5. The van der Waals surface area contributed by atoms with Gasteiger partial charge in [0.05, 0.1) is 37.7 Å². The van der Waals surface area contributed by atoms with Crippen LogP contribution >= 0.6 is 0 Å². The maximum atomic E-state index is 10.8. The third-order valence-corrected chi connectivity index (χ3v) is 10.5. The molecule has 1 rings (SSSR count). The Morgan fingerprint density at radius 2 is 0.635 bits per heavy atom. The summed E-state index contributed by atoms with van der Waals surface area (Å²) in [5.74, 6) is -2.52. The normalized spacial score (nSPS) is 14.0. The van der Waals surface area contributed by atoms with Gasteiger partial charge in [0, 0.05) is 0 Å². The van der Waals surface area contributed by atoms with Crippen LogP contribution in [0, 0.1) is 0 Å². The lowest BCUT2D eigenvalue weighted by atomic mass is 10.0. The second kappa shape index (κ2) is 34.2. The van der Waals surface area contributed by atoms with E-state index in [1.165, 1.54) is 167 Å². The smallest absolute Gasteiger partial charge is 0.180 e. The van der Waals surface area contributed by atoms with Gasteiger partial charge in [-0.05, 0) is 38.8 Å². The SMILES string of the molecule is CCCCCCCCCCCCCCCCCOC(C)(O)CNc1ccccc1NCC(C)(O)OCCCCCCCCCCCCCCCCC. The van der Waals surface area contributed by atoms with Crippen molar-refractivity contribution in [2.45, 2.75) is 232 Å². The number of hydrogen-bond acceptors (Lipinski definition) is 6. The van der Waals surface area contributed by atoms with E-state index < -0.39 is 11.6 Å². The maximum Gasteiger partial charge on any atom is 0.180 e. The van der Waals surface area contributed by atoms with Crippen LogP contribution in [-0.2, 0) is 9.47 Å². The van der Waals surface area contributed by atoms with Crippen LogP contribution in [0.1, 0.15) is 220 Å². The van der Waals surface area contributed by atoms with Crippen molar-refractivity contribution in [1.82, 2.24) is 0 Å². The van der Waals surface area contributed by atoms with E-state index >= 15 is 0 Å². The minimum atomic E-state index is -1.26. The van der Waals surface area contributed by atoms with Crippen LogP contribution < -0.4 is 10.6 Å². The number of hydrogen-bond donors (Lipinski definition) is 4. The van der Waals surface area contributed by atoms with E-state index in [-0.39, 0.29) is 13.1 Å². The average molecular weight is 733 g/mol. The molecular formula is C46H88N2O4. The van der Waals surface area contributed by atoms with Gasteiger partial charge in [-0.2, -0.15) is 0 Å². The van der Waals surface area contributed by atoms with Crippen molar-refractivity contribution in [3.05, 3.63) is 24.3 Å². The van der Waals surface area contributed by atoms with Crippen LogP contribution in [0.4, 0.5) is 11.4 Å². The first kappa shape index (κ1) is 48.7. The molecule has 0 fully saturated rings. The Balaban J connectivity index is 2.07. The van der Waals surface area contributed by atoms with Crippen molar-refractivity contribution >= 4 is 11.4 Å². The molecule has 4 N–H and O–H groups in total. The first-order chi connectivity index (χ1) is 25.3. The monoisotopic (exact) mass is 733 g/mol. The molecule has 0 radical (unpaired) electrons. The van der Waals surface area contributed by atoms with E-state index in [9.17, 15) is 10.2 Å². The van der Waals surface area contributed by atoms with Gasteiger partial charge >= 0.3 is 0 Å². The van der Waals surface area contributed by atoms with Crippen LogP contribution in [-0.4, -0.2) is 48.1 Å². The van der Waals surface area contributed by atoms with Gasteiger partial charge in [-0.1, -0.05) is 206 Å². The quantitative estimate of drug-likeness (QED) is 0.0397. The summed E-state index contributed by atoms with van der Waals surface area (Å²) in [4.78, 5) is 0. The van der Waals surface area contributed by atoms with Crippen molar-refractivity contribution in [2.24, 2.45) is 0 Å². The number of nitrogens with one attached hydrogen (secondary N) is 2. The topological polar surface area (TPSA) is 83.0 Å². The molecule has 6 heteroatoms. The molecule has 0 bridgehead atoms. The molecule has 0 heterocycles. The second-order valence-electron chi connectivity index (χ2n) is 16.2. The lowest BCUT2D eigenvalue weighted by Crippen LogP contribution is -2.38. The van der Waals surface area contributed by atoms with E-state index in [0.717, 1.165) is 37.1 Å². The number of anilines is 2. The zero-order valence-electron chi connectivity index (χ0n) is 35.1. The fraction of sp³-hybridized carbons (Fsp3) is 0.870. The summed E-state index contributed by atoms with van der Waals surface area (Å²) < 4.78 is 11.7. The highest BCUT2D eigenvalue weighted by Gasteiger charge is 2.23. The van der Waals surface area contributed by atoms with Crippen LogP contribution in [0.25, 0.3) is 0 Å². The van der Waals surface area contributed by atoms with Gasteiger partial charge < -0.3 is 30.3 Å². The number of ether oxygens (including phenoxy) is 2. The minimum Gasteiger partial charge on any atom is -0.378 e. The van der Waals surface area contributed by atoms with Crippen molar-refractivity contribution < 1.29 is 19.7 Å². The van der Waals surface area contributed by atoms with Crippen LogP contribution in [0.3, 0.4) is 0 Å². The third kappa shape index (κ3) is 31.1. The standard InChI is InChI=1S/C46H88N2O4/c1-5-7-9-11-13-15-17-19-21-23-25-27-29-31-35-39-51-45(3,49)41-47-43-37-33-34-38-44(43)48-42-46(4,50)52-40-36-32-30-28-26-24-22-20-18-16-14-12-10-8-6-2/h33-34,37-38,47-50H,5-32,35-36,39-42H2,1-4H3. The van der Waals surface area contributed by atoms with E-state index in [0.29, 0.717) is 13.2 Å². The maximum absolute atomic E-state index is 10.8. The van der Waals surface area contributed by atoms with Crippen molar-refractivity contribution in [2.75, 3.05) is 36.9 Å². The summed E-state index contributed by atoms with van der Waals surface area (Å²) in [6.45, 7) is 9.68. The predicted octanol–water partition coefficient (Wildman–Crippen LogP) is 13.7. The molecule has 306 valence electrons. The Morgan fingerprint density at radius 1 is 0.404 bits per heavy atom. The lowest BCUT2D eigenvalue weighted by molar-refractivity contribution is -0.180. The van der Waals surface area contributed by atoms with E-state index in [1.807, 2.05) is 24.3 Å². The zero-order chi connectivity index (χ0) is 37.9. The first-order valence-corrected chi connectivity index (χ1v) is 22.6. The molecule has 1 aromatic carbocycles. The lowest BCUT2D eigenvalue weighted by Gasteiger charge is -2.27. The molecule has 2 atom stereocenters. The zero-order valence-corrected chi connectivity index (χ0v) is 35.1. The summed E-state index contributed by atoms with van der Waals surface area (Å²) in [7, 11) is 0. The molecule has 0 saturated carbocycles. The van der Waals surface area contributed by atoms with Gasteiger partial charge in [-0.25, -0.2) is 0 Å². The van der Waals surface area contributed by atoms with Crippen molar-refractivity contribution in [1.29, 1.82) is 0 Å². The molecular weight excluding hydrogens is 645 g/mol. The van der Waals surface area contributed by atoms with E-state index in [1.54, 1.807) is 13.8 Å². The van der Waals surface area contributed by atoms with Gasteiger partial charge in [0.2, 0.25) is 0 Å². The largest absolute Gasteiger partial charge is 0.378 e. The summed E-state index contributed by atoms with van der Waals surface area (Å²) in [6.07, 6.45) is 40.0. The Labute approximate surface area is 323 Å². The molecule has 0 aromatic heterocycles. The van der Waals surface area contributed by atoms with Crippen LogP contribution in [0.2, 0.25) is 0 Å².